The molecule has 0 aromatic carbocycles. The third kappa shape index (κ3) is 17.2. The molecule has 0 aliphatic rings. The predicted octanol–water partition coefficient (Wildman–Crippen LogP) is 0.972. The van der Waals surface area contributed by atoms with E-state index in [1.807, 2.05) is 0 Å². The summed E-state index contributed by atoms with van der Waals surface area (Å²) in [7, 11) is 8.89. The van der Waals surface area contributed by atoms with E-state index in [4.69, 9.17) is 11.5 Å². The standard InChI is InChI=1S/C20H48N6/c1-23(17-9-19-25(3)15-7-11-21)13-5-6-14-24(2)18-10-20-26(4)16-8-12-22/h5-22H2,1-4H3. The van der Waals surface area contributed by atoms with Gasteiger partial charge in [0.15, 0.2) is 0 Å². The summed E-state index contributed by atoms with van der Waals surface area (Å²) in [5, 5.41) is 0. The van der Waals surface area contributed by atoms with Gasteiger partial charge in [-0.2, -0.15) is 0 Å². The van der Waals surface area contributed by atoms with E-state index in [9.17, 15) is 0 Å². The summed E-state index contributed by atoms with van der Waals surface area (Å²) in [5.41, 5.74) is 11.1. The Balaban J connectivity index is 3.48. The fraction of sp³-hybridized carbons (Fsp3) is 1.00. The minimum atomic E-state index is 0.795. The highest BCUT2D eigenvalue weighted by atomic mass is 15.1. The molecule has 0 aromatic heterocycles. The van der Waals surface area contributed by atoms with Crippen molar-refractivity contribution < 1.29 is 0 Å². The average molecular weight is 373 g/mol. The van der Waals surface area contributed by atoms with E-state index >= 15 is 0 Å². The van der Waals surface area contributed by atoms with Gasteiger partial charge in [0.2, 0.25) is 0 Å². The monoisotopic (exact) mass is 372 g/mol. The maximum Gasteiger partial charge on any atom is -0.000959 e. The molecule has 0 amide bonds. The maximum absolute atomic E-state index is 5.56. The first-order valence-electron chi connectivity index (χ1n) is 10.6. The number of hydrogen-bond donors (Lipinski definition) is 2. The molecule has 26 heavy (non-hydrogen) atoms. The molecule has 0 atom stereocenters. The second kappa shape index (κ2) is 18.1. The van der Waals surface area contributed by atoms with Gasteiger partial charge in [0.1, 0.15) is 0 Å². The van der Waals surface area contributed by atoms with Crippen LogP contribution in [0.15, 0.2) is 0 Å². The van der Waals surface area contributed by atoms with Crippen LogP contribution in [0.4, 0.5) is 0 Å². The van der Waals surface area contributed by atoms with E-state index in [1.54, 1.807) is 0 Å². The lowest BCUT2D eigenvalue weighted by Gasteiger charge is -2.22. The summed E-state index contributed by atoms with van der Waals surface area (Å²) in [6.07, 6.45) is 7.28. The highest BCUT2D eigenvalue weighted by Crippen LogP contribution is 1.99. The summed E-state index contributed by atoms with van der Waals surface area (Å²) in [6, 6.07) is 0. The first kappa shape index (κ1) is 25.8. The Labute approximate surface area is 163 Å². The molecular weight excluding hydrogens is 324 g/mol. The lowest BCUT2D eigenvalue weighted by Crippen LogP contribution is -2.29. The Kier molecular flexibility index (Phi) is 18.0. The molecule has 0 heterocycles. The van der Waals surface area contributed by atoms with Crippen molar-refractivity contribution in [3.63, 3.8) is 0 Å². The Morgan fingerprint density at radius 1 is 0.385 bits per heavy atom. The largest absolute Gasteiger partial charge is 0.330 e. The normalized spacial score (nSPS) is 12.2. The number of unbranched alkanes of at least 4 members (excludes halogenated alkanes) is 1. The molecule has 0 saturated carbocycles. The molecule has 0 fully saturated rings. The van der Waals surface area contributed by atoms with Crippen molar-refractivity contribution in [3.05, 3.63) is 0 Å². The molecule has 6 nitrogen and oxygen atoms in total. The molecule has 6 heteroatoms. The van der Waals surface area contributed by atoms with Crippen molar-refractivity contribution in [3.8, 4) is 0 Å². The van der Waals surface area contributed by atoms with E-state index in [0.29, 0.717) is 0 Å². The fourth-order valence-electron chi connectivity index (χ4n) is 3.15. The maximum atomic E-state index is 5.56. The molecule has 0 aliphatic heterocycles. The summed E-state index contributed by atoms with van der Waals surface area (Å²) in [5.74, 6) is 0. The molecule has 0 unspecified atom stereocenters. The van der Waals surface area contributed by atoms with E-state index in [1.165, 1.54) is 65.0 Å². The molecular formula is C20H48N6. The Hall–Kier alpha value is -0.240. The van der Waals surface area contributed by atoms with Gasteiger partial charge in [-0.1, -0.05) is 0 Å². The second-order valence-electron chi connectivity index (χ2n) is 7.91. The number of hydrogen-bond acceptors (Lipinski definition) is 6. The SMILES string of the molecule is CN(CCCN)CCCN(C)CCCCN(C)CCCN(C)CCCN. The van der Waals surface area contributed by atoms with Crippen LogP contribution in [-0.2, 0) is 0 Å². The lowest BCUT2D eigenvalue weighted by molar-refractivity contribution is 0.257. The zero-order valence-corrected chi connectivity index (χ0v) is 18.3. The van der Waals surface area contributed by atoms with Gasteiger partial charge in [0, 0.05) is 0 Å². The van der Waals surface area contributed by atoms with Gasteiger partial charge in [0.25, 0.3) is 0 Å². The van der Waals surface area contributed by atoms with Gasteiger partial charge < -0.3 is 31.1 Å². The number of rotatable bonds is 19. The molecule has 0 rings (SSSR count). The van der Waals surface area contributed by atoms with Gasteiger partial charge in [-0.05, 0) is 132 Å². The highest BCUT2D eigenvalue weighted by Gasteiger charge is 2.03. The third-order valence-corrected chi connectivity index (χ3v) is 4.98. The zero-order chi connectivity index (χ0) is 19.6. The molecule has 0 bridgehead atoms. The second-order valence-corrected chi connectivity index (χ2v) is 7.91. The van der Waals surface area contributed by atoms with Crippen LogP contribution in [0.1, 0.15) is 38.5 Å². The smallest absolute Gasteiger partial charge is 0.000959 e. The molecule has 0 spiro atoms. The average Bonchev–Trinajstić information content (AvgIpc) is 2.61. The first-order chi connectivity index (χ1) is 12.5. The number of nitrogens with zero attached hydrogens (tertiary/aromatic N) is 4. The van der Waals surface area contributed by atoms with Crippen LogP contribution in [0.2, 0.25) is 0 Å². The molecule has 0 saturated heterocycles. The summed E-state index contributed by atoms with van der Waals surface area (Å²) < 4.78 is 0. The highest BCUT2D eigenvalue weighted by molar-refractivity contribution is 4.60. The van der Waals surface area contributed by atoms with E-state index in [-0.39, 0.29) is 0 Å². The molecule has 0 aliphatic carbocycles. The van der Waals surface area contributed by atoms with Gasteiger partial charge in [-0.3, -0.25) is 0 Å². The van der Waals surface area contributed by atoms with E-state index < -0.39 is 0 Å². The van der Waals surface area contributed by atoms with Crippen LogP contribution < -0.4 is 11.5 Å². The number of nitrogens with two attached hydrogens (primary N) is 2. The van der Waals surface area contributed by atoms with Gasteiger partial charge >= 0.3 is 0 Å². The van der Waals surface area contributed by atoms with Crippen LogP contribution in [0.3, 0.4) is 0 Å². The van der Waals surface area contributed by atoms with Crippen molar-refractivity contribution in [1.82, 2.24) is 19.6 Å². The van der Waals surface area contributed by atoms with Gasteiger partial charge in [0.05, 0.1) is 0 Å². The van der Waals surface area contributed by atoms with Crippen LogP contribution in [0.5, 0.6) is 0 Å². The van der Waals surface area contributed by atoms with Gasteiger partial charge in [-0.15, -0.1) is 0 Å². The van der Waals surface area contributed by atoms with Crippen LogP contribution in [0, 0.1) is 0 Å². The minimum Gasteiger partial charge on any atom is -0.330 e. The first-order valence-corrected chi connectivity index (χ1v) is 10.6. The summed E-state index contributed by atoms with van der Waals surface area (Å²) in [6.45, 7) is 11.0. The quantitative estimate of drug-likeness (QED) is 0.330. The van der Waals surface area contributed by atoms with Gasteiger partial charge in [-0.25, -0.2) is 0 Å². The van der Waals surface area contributed by atoms with Crippen molar-refractivity contribution >= 4 is 0 Å². The molecule has 0 aromatic rings. The van der Waals surface area contributed by atoms with Crippen molar-refractivity contribution in [2.75, 3.05) is 93.6 Å². The fourth-order valence-corrected chi connectivity index (χ4v) is 3.15. The van der Waals surface area contributed by atoms with E-state index in [2.05, 4.69) is 47.8 Å². The Bertz CT molecular complexity index is 261. The Morgan fingerprint density at radius 2 is 0.615 bits per heavy atom. The van der Waals surface area contributed by atoms with Crippen molar-refractivity contribution in [2.45, 2.75) is 38.5 Å². The topological polar surface area (TPSA) is 65.0 Å². The van der Waals surface area contributed by atoms with Crippen LogP contribution in [0.25, 0.3) is 0 Å². The zero-order valence-electron chi connectivity index (χ0n) is 18.3. The van der Waals surface area contributed by atoms with Crippen LogP contribution in [-0.4, -0.2) is 113 Å². The summed E-state index contributed by atoms with van der Waals surface area (Å²) in [4.78, 5) is 9.73. The van der Waals surface area contributed by atoms with Crippen molar-refractivity contribution in [1.29, 1.82) is 0 Å². The van der Waals surface area contributed by atoms with Crippen LogP contribution >= 0.6 is 0 Å². The molecule has 0 radical (unpaired) electrons. The van der Waals surface area contributed by atoms with Crippen molar-refractivity contribution in [2.24, 2.45) is 11.5 Å². The minimum absolute atomic E-state index is 0.795. The molecule has 4 N–H and O–H groups in total. The molecule has 158 valence electrons. The van der Waals surface area contributed by atoms with E-state index in [0.717, 1.165) is 39.0 Å². The summed E-state index contributed by atoms with van der Waals surface area (Å²) >= 11 is 0. The predicted molar refractivity (Wildman–Crippen MR) is 116 cm³/mol. The third-order valence-electron chi connectivity index (χ3n) is 4.98. The lowest BCUT2D eigenvalue weighted by atomic mass is 10.2. The Morgan fingerprint density at radius 3 is 0.885 bits per heavy atom.